The molecule has 6 nitrogen and oxygen atoms in total. The third-order valence-electron chi connectivity index (χ3n) is 3.59. The summed E-state index contributed by atoms with van der Waals surface area (Å²) in [7, 11) is 1.55. The van der Waals surface area contributed by atoms with Gasteiger partial charge in [-0.05, 0) is 37.6 Å². The van der Waals surface area contributed by atoms with Crippen molar-refractivity contribution in [1.29, 1.82) is 0 Å². The molecule has 25 heavy (non-hydrogen) atoms. The van der Waals surface area contributed by atoms with Gasteiger partial charge in [0.15, 0.2) is 5.78 Å². The van der Waals surface area contributed by atoms with Crippen LogP contribution in [0.4, 0.5) is 11.4 Å². The van der Waals surface area contributed by atoms with Crippen LogP contribution in [0.25, 0.3) is 0 Å². The summed E-state index contributed by atoms with van der Waals surface area (Å²) in [6, 6.07) is 12.1. The summed E-state index contributed by atoms with van der Waals surface area (Å²) in [5, 5.41) is 2.76. The van der Waals surface area contributed by atoms with Crippen LogP contribution in [0.5, 0.6) is 11.5 Å². The zero-order valence-corrected chi connectivity index (χ0v) is 14.4. The molecule has 0 radical (unpaired) electrons. The molecule has 0 aliphatic heterocycles. The minimum Gasteiger partial charge on any atom is -0.497 e. The first kappa shape index (κ1) is 18.3. The van der Waals surface area contributed by atoms with E-state index < -0.39 is 0 Å². The van der Waals surface area contributed by atoms with Gasteiger partial charge < -0.3 is 20.5 Å². The van der Waals surface area contributed by atoms with Crippen LogP contribution in [-0.4, -0.2) is 25.4 Å². The number of nitrogen functional groups attached to an aromatic ring is 1. The second kappa shape index (κ2) is 8.73. The smallest absolute Gasteiger partial charge is 0.224 e. The lowest BCUT2D eigenvalue weighted by molar-refractivity contribution is -0.116. The standard InChI is InChI=1S/C19H22N2O4/c1-13(22)14-5-3-6-16(11-14)25-10-4-7-19(23)21-18-12-15(24-2)8-9-17(18)20/h3,5-6,8-9,11-12H,4,7,10,20H2,1-2H3,(H,21,23). The highest BCUT2D eigenvalue weighted by Crippen LogP contribution is 2.24. The number of carbonyl (C=O) groups is 2. The molecule has 0 atom stereocenters. The van der Waals surface area contributed by atoms with E-state index in [1.807, 2.05) is 0 Å². The topological polar surface area (TPSA) is 90.7 Å². The van der Waals surface area contributed by atoms with Gasteiger partial charge in [-0.3, -0.25) is 9.59 Å². The molecule has 1 amide bonds. The summed E-state index contributed by atoms with van der Waals surface area (Å²) in [6.45, 7) is 1.89. The first-order valence-electron chi connectivity index (χ1n) is 7.97. The van der Waals surface area contributed by atoms with Crippen molar-refractivity contribution in [1.82, 2.24) is 0 Å². The van der Waals surface area contributed by atoms with Gasteiger partial charge in [0.25, 0.3) is 0 Å². The molecule has 0 unspecified atom stereocenters. The molecule has 2 rings (SSSR count). The Bertz CT molecular complexity index is 759. The molecule has 0 fully saturated rings. The maximum absolute atomic E-state index is 12.0. The Balaban J connectivity index is 1.79. The second-order valence-corrected chi connectivity index (χ2v) is 5.54. The summed E-state index contributed by atoms with van der Waals surface area (Å²) >= 11 is 0. The Morgan fingerprint density at radius 1 is 1.12 bits per heavy atom. The molecule has 2 aromatic carbocycles. The number of anilines is 2. The van der Waals surface area contributed by atoms with Crippen LogP contribution in [0.2, 0.25) is 0 Å². The van der Waals surface area contributed by atoms with E-state index in [0.29, 0.717) is 47.9 Å². The molecule has 0 spiro atoms. The molecule has 132 valence electrons. The van der Waals surface area contributed by atoms with Crippen LogP contribution in [0.3, 0.4) is 0 Å². The number of carbonyl (C=O) groups excluding carboxylic acids is 2. The molecule has 3 N–H and O–H groups in total. The van der Waals surface area contributed by atoms with E-state index >= 15 is 0 Å². The van der Waals surface area contributed by atoms with Gasteiger partial charge in [0.1, 0.15) is 11.5 Å². The third kappa shape index (κ3) is 5.53. The fraction of sp³-hybridized carbons (Fsp3) is 0.263. The first-order valence-corrected chi connectivity index (χ1v) is 7.97. The zero-order chi connectivity index (χ0) is 18.2. The summed E-state index contributed by atoms with van der Waals surface area (Å²) in [6.07, 6.45) is 0.836. The summed E-state index contributed by atoms with van der Waals surface area (Å²) in [4.78, 5) is 23.3. The van der Waals surface area contributed by atoms with Gasteiger partial charge in [-0.15, -0.1) is 0 Å². The predicted octanol–water partition coefficient (Wildman–Crippen LogP) is 3.28. The number of hydrogen-bond acceptors (Lipinski definition) is 5. The monoisotopic (exact) mass is 342 g/mol. The van der Waals surface area contributed by atoms with Crippen LogP contribution in [-0.2, 0) is 4.79 Å². The number of benzene rings is 2. The lowest BCUT2D eigenvalue weighted by Crippen LogP contribution is -2.14. The van der Waals surface area contributed by atoms with E-state index in [2.05, 4.69) is 5.32 Å². The molecule has 0 aliphatic rings. The van der Waals surface area contributed by atoms with Crippen molar-refractivity contribution in [3.63, 3.8) is 0 Å². The molecule has 0 saturated heterocycles. The van der Waals surface area contributed by atoms with Crippen LogP contribution in [0.15, 0.2) is 42.5 Å². The van der Waals surface area contributed by atoms with E-state index in [1.165, 1.54) is 6.92 Å². The van der Waals surface area contributed by atoms with E-state index in [4.69, 9.17) is 15.2 Å². The second-order valence-electron chi connectivity index (χ2n) is 5.54. The van der Waals surface area contributed by atoms with Crippen molar-refractivity contribution >= 4 is 23.1 Å². The summed E-state index contributed by atoms with van der Waals surface area (Å²) < 4.78 is 10.7. The Labute approximate surface area is 146 Å². The SMILES string of the molecule is COc1ccc(N)c(NC(=O)CCCOc2cccc(C(C)=O)c2)c1. The van der Waals surface area contributed by atoms with Crippen molar-refractivity contribution in [2.45, 2.75) is 19.8 Å². The first-order chi connectivity index (χ1) is 12.0. The van der Waals surface area contributed by atoms with Gasteiger partial charge in [-0.2, -0.15) is 0 Å². The highest BCUT2D eigenvalue weighted by atomic mass is 16.5. The number of hydrogen-bond donors (Lipinski definition) is 2. The van der Waals surface area contributed by atoms with Crippen molar-refractivity contribution < 1.29 is 19.1 Å². The minimum absolute atomic E-state index is 0.0132. The van der Waals surface area contributed by atoms with Crippen LogP contribution in [0.1, 0.15) is 30.1 Å². The van der Waals surface area contributed by atoms with Crippen molar-refractivity contribution in [2.24, 2.45) is 0 Å². The van der Waals surface area contributed by atoms with Gasteiger partial charge >= 0.3 is 0 Å². The van der Waals surface area contributed by atoms with Gasteiger partial charge in [0.2, 0.25) is 5.91 Å². The third-order valence-corrected chi connectivity index (χ3v) is 3.59. The Morgan fingerprint density at radius 2 is 1.92 bits per heavy atom. The van der Waals surface area contributed by atoms with Gasteiger partial charge in [-0.25, -0.2) is 0 Å². The largest absolute Gasteiger partial charge is 0.497 e. The molecular formula is C19H22N2O4. The highest BCUT2D eigenvalue weighted by Gasteiger charge is 2.07. The summed E-state index contributed by atoms with van der Waals surface area (Å²) in [5.41, 5.74) is 7.45. The molecule has 0 aliphatic carbocycles. The molecule has 2 aromatic rings. The fourth-order valence-corrected chi connectivity index (χ4v) is 2.21. The maximum atomic E-state index is 12.0. The number of methoxy groups -OCH3 is 1. The van der Waals surface area contributed by atoms with Crippen LogP contribution < -0.4 is 20.5 Å². The predicted molar refractivity (Wildman–Crippen MR) is 97.2 cm³/mol. The average Bonchev–Trinajstić information content (AvgIpc) is 2.61. The van der Waals surface area contributed by atoms with Gasteiger partial charge in [-0.1, -0.05) is 12.1 Å². The highest BCUT2D eigenvalue weighted by molar-refractivity contribution is 5.94. The normalized spacial score (nSPS) is 10.2. The number of rotatable bonds is 8. The molecule has 0 heterocycles. The van der Waals surface area contributed by atoms with Crippen molar-refractivity contribution in [3.8, 4) is 11.5 Å². The molecule has 0 saturated carbocycles. The Kier molecular flexibility index (Phi) is 6.39. The lowest BCUT2D eigenvalue weighted by Gasteiger charge is -2.10. The van der Waals surface area contributed by atoms with Gasteiger partial charge in [0.05, 0.1) is 25.1 Å². The fourth-order valence-electron chi connectivity index (χ4n) is 2.21. The van der Waals surface area contributed by atoms with Crippen molar-refractivity contribution in [2.75, 3.05) is 24.8 Å². The van der Waals surface area contributed by atoms with E-state index in [9.17, 15) is 9.59 Å². The zero-order valence-electron chi connectivity index (χ0n) is 14.4. The minimum atomic E-state index is -0.152. The van der Waals surface area contributed by atoms with E-state index in [1.54, 1.807) is 49.6 Å². The average molecular weight is 342 g/mol. The lowest BCUT2D eigenvalue weighted by atomic mass is 10.1. The Hall–Kier alpha value is -3.02. The number of ketones is 1. The van der Waals surface area contributed by atoms with E-state index in [0.717, 1.165) is 0 Å². The van der Waals surface area contributed by atoms with E-state index in [-0.39, 0.29) is 11.7 Å². The van der Waals surface area contributed by atoms with Crippen LogP contribution >= 0.6 is 0 Å². The number of nitrogens with two attached hydrogens (primary N) is 1. The molecule has 0 bridgehead atoms. The number of Topliss-reactive ketones (excluding diaryl/α,β-unsaturated/α-hetero) is 1. The maximum Gasteiger partial charge on any atom is 0.224 e. The Morgan fingerprint density at radius 3 is 2.64 bits per heavy atom. The van der Waals surface area contributed by atoms with Crippen LogP contribution in [0, 0.1) is 0 Å². The number of ether oxygens (including phenoxy) is 2. The number of nitrogens with one attached hydrogen (secondary N) is 1. The number of amides is 1. The quantitative estimate of drug-likeness (QED) is 0.436. The molecule has 0 aromatic heterocycles. The van der Waals surface area contributed by atoms with Gasteiger partial charge in [0, 0.05) is 18.1 Å². The summed E-state index contributed by atoms with van der Waals surface area (Å²) in [5.74, 6) is 1.07. The van der Waals surface area contributed by atoms with Crippen molar-refractivity contribution in [3.05, 3.63) is 48.0 Å². The molecular weight excluding hydrogens is 320 g/mol. The molecule has 6 heteroatoms.